The topological polar surface area (TPSA) is 27.7 Å². The van der Waals surface area contributed by atoms with E-state index in [0.29, 0.717) is 13.2 Å². The van der Waals surface area contributed by atoms with Crippen LogP contribution in [0.1, 0.15) is 27.7 Å². The third-order valence-corrected chi connectivity index (χ3v) is 3.44. The van der Waals surface area contributed by atoms with Gasteiger partial charge in [-0.1, -0.05) is 0 Å². The molecule has 0 atom stereocenters. The highest BCUT2D eigenvalue weighted by atomic mass is 28.4. The SMILES string of the molecule is CCOC(C)(C)O[Si](C)(C)OCC. The molecule has 0 aliphatic rings. The predicted octanol–water partition coefficient (Wildman–Crippen LogP) is 2.51. The number of hydrogen-bond acceptors (Lipinski definition) is 3. The van der Waals surface area contributed by atoms with Gasteiger partial charge in [-0.05, 0) is 40.8 Å². The summed E-state index contributed by atoms with van der Waals surface area (Å²) in [5.41, 5.74) is 0. The summed E-state index contributed by atoms with van der Waals surface area (Å²) in [5.74, 6) is -0.528. The molecule has 0 unspecified atom stereocenters. The minimum atomic E-state index is -2.00. The molecule has 0 amide bonds. The van der Waals surface area contributed by atoms with Crippen LogP contribution in [-0.4, -0.2) is 27.6 Å². The zero-order valence-corrected chi connectivity index (χ0v) is 10.6. The molecular weight excluding hydrogens is 184 g/mol. The number of rotatable bonds is 6. The van der Waals surface area contributed by atoms with Gasteiger partial charge in [0.15, 0.2) is 5.79 Å². The van der Waals surface area contributed by atoms with Crippen LogP contribution in [0.4, 0.5) is 0 Å². The Labute approximate surface area is 82.6 Å². The highest BCUT2D eigenvalue weighted by molar-refractivity contribution is 6.64. The van der Waals surface area contributed by atoms with Crippen molar-refractivity contribution in [2.75, 3.05) is 13.2 Å². The fraction of sp³-hybridized carbons (Fsp3) is 1.00. The maximum absolute atomic E-state index is 5.80. The molecule has 0 rings (SSSR count). The van der Waals surface area contributed by atoms with Crippen molar-refractivity contribution < 1.29 is 13.6 Å². The maximum atomic E-state index is 5.80. The van der Waals surface area contributed by atoms with Crippen molar-refractivity contribution in [2.24, 2.45) is 0 Å². The normalized spacial score (nSPS) is 13.4. The van der Waals surface area contributed by atoms with E-state index in [0.717, 1.165) is 0 Å². The number of ether oxygens (including phenoxy) is 1. The molecule has 0 N–H and O–H groups in total. The Bertz CT molecular complexity index is 130. The van der Waals surface area contributed by atoms with Crippen LogP contribution in [0.15, 0.2) is 0 Å². The van der Waals surface area contributed by atoms with Gasteiger partial charge in [-0.3, -0.25) is 0 Å². The van der Waals surface area contributed by atoms with Gasteiger partial charge in [-0.15, -0.1) is 0 Å². The van der Waals surface area contributed by atoms with Crippen molar-refractivity contribution in [2.45, 2.75) is 46.6 Å². The second kappa shape index (κ2) is 5.10. The molecule has 0 spiro atoms. The van der Waals surface area contributed by atoms with Gasteiger partial charge in [-0.2, -0.15) is 0 Å². The third kappa shape index (κ3) is 6.21. The maximum Gasteiger partial charge on any atom is 0.333 e. The van der Waals surface area contributed by atoms with Gasteiger partial charge in [0.25, 0.3) is 0 Å². The van der Waals surface area contributed by atoms with E-state index in [4.69, 9.17) is 13.6 Å². The lowest BCUT2D eigenvalue weighted by Crippen LogP contribution is -2.44. The van der Waals surface area contributed by atoms with Gasteiger partial charge in [0, 0.05) is 13.2 Å². The van der Waals surface area contributed by atoms with E-state index in [9.17, 15) is 0 Å². The minimum absolute atomic E-state index is 0.528. The van der Waals surface area contributed by atoms with Gasteiger partial charge in [-0.25, -0.2) is 0 Å². The van der Waals surface area contributed by atoms with Crippen molar-refractivity contribution in [1.29, 1.82) is 0 Å². The zero-order chi connectivity index (χ0) is 10.5. The molecule has 80 valence electrons. The van der Waals surface area contributed by atoms with Gasteiger partial charge in [0.1, 0.15) is 0 Å². The Hall–Kier alpha value is 0.0969. The predicted molar refractivity (Wildman–Crippen MR) is 55.9 cm³/mol. The van der Waals surface area contributed by atoms with E-state index in [1.807, 2.05) is 40.8 Å². The molecular formula is C9H22O3Si. The van der Waals surface area contributed by atoms with E-state index >= 15 is 0 Å². The number of hydrogen-bond donors (Lipinski definition) is 0. The molecule has 0 aromatic carbocycles. The van der Waals surface area contributed by atoms with Crippen molar-refractivity contribution in [3.05, 3.63) is 0 Å². The Balaban J connectivity index is 4.07. The van der Waals surface area contributed by atoms with Crippen molar-refractivity contribution in [1.82, 2.24) is 0 Å². The van der Waals surface area contributed by atoms with Crippen molar-refractivity contribution in [3.8, 4) is 0 Å². The Morgan fingerprint density at radius 3 is 2.00 bits per heavy atom. The Morgan fingerprint density at radius 2 is 1.62 bits per heavy atom. The molecule has 13 heavy (non-hydrogen) atoms. The van der Waals surface area contributed by atoms with Crippen LogP contribution in [0, 0.1) is 0 Å². The third-order valence-electron chi connectivity index (χ3n) is 1.48. The van der Waals surface area contributed by atoms with Crippen LogP contribution in [0.3, 0.4) is 0 Å². The fourth-order valence-electron chi connectivity index (χ4n) is 1.35. The molecule has 0 aromatic rings. The van der Waals surface area contributed by atoms with Gasteiger partial charge in [0.05, 0.1) is 0 Å². The van der Waals surface area contributed by atoms with E-state index < -0.39 is 14.3 Å². The molecule has 0 aromatic heterocycles. The standard InChI is InChI=1S/C9H22O3Si/c1-7-10-9(3,4)12-13(5,6)11-8-2/h7-8H2,1-6H3. The molecule has 0 aliphatic carbocycles. The molecule has 0 saturated heterocycles. The average Bonchev–Trinajstić information content (AvgIpc) is 1.82. The molecule has 0 saturated carbocycles. The van der Waals surface area contributed by atoms with E-state index in [2.05, 4.69) is 0 Å². The van der Waals surface area contributed by atoms with Crippen LogP contribution in [0.2, 0.25) is 13.1 Å². The average molecular weight is 206 g/mol. The first kappa shape index (κ1) is 13.1. The monoisotopic (exact) mass is 206 g/mol. The summed E-state index contributed by atoms with van der Waals surface area (Å²) in [5, 5.41) is 0. The van der Waals surface area contributed by atoms with E-state index in [1.165, 1.54) is 0 Å². The van der Waals surface area contributed by atoms with Crippen LogP contribution in [0.5, 0.6) is 0 Å². The first-order valence-corrected chi connectivity index (χ1v) is 7.62. The highest BCUT2D eigenvalue weighted by Crippen LogP contribution is 2.19. The molecule has 0 bridgehead atoms. The quantitative estimate of drug-likeness (QED) is 0.494. The Kier molecular flexibility index (Phi) is 5.13. The molecule has 0 heterocycles. The van der Waals surface area contributed by atoms with Gasteiger partial charge < -0.3 is 13.6 Å². The largest absolute Gasteiger partial charge is 0.395 e. The molecule has 3 nitrogen and oxygen atoms in total. The first-order valence-electron chi connectivity index (χ1n) is 4.81. The molecule has 4 heteroatoms. The van der Waals surface area contributed by atoms with Gasteiger partial charge in [0.2, 0.25) is 0 Å². The van der Waals surface area contributed by atoms with Crippen molar-refractivity contribution >= 4 is 8.56 Å². The summed E-state index contributed by atoms with van der Waals surface area (Å²) in [4.78, 5) is 0. The fourth-order valence-corrected chi connectivity index (χ4v) is 3.34. The lowest BCUT2D eigenvalue weighted by molar-refractivity contribution is -0.168. The summed E-state index contributed by atoms with van der Waals surface area (Å²) in [6.45, 7) is 13.2. The van der Waals surface area contributed by atoms with Gasteiger partial charge >= 0.3 is 8.56 Å². The second-order valence-electron chi connectivity index (χ2n) is 3.77. The summed E-state index contributed by atoms with van der Waals surface area (Å²) < 4.78 is 16.8. The summed E-state index contributed by atoms with van der Waals surface area (Å²) in [6, 6.07) is 0. The molecule has 0 radical (unpaired) electrons. The summed E-state index contributed by atoms with van der Waals surface area (Å²) in [7, 11) is -2.00. The van der Waals surface area contributed by atoms with Crippen LogP contribution in [-0.2, 0) is 13.6 Å². The van der Waals surface area contributed by atoms with Crippen molar-refractivity contribution in [3.63, 3.8) is 0 Å². The lowest BCUT2D eigenvalue weighted by Gasteiger charge is -2.33. The smallest absolute Gasteiger partial charge is 0.333 e. The van der Waals surface area contributed by atoms with Crippen LogP contribution >= 0.6 is 0 Å². The van der Waals surface area contributed by atoms with Crippen LogP contribution < -0.4 is 0 Å². The molecule has 0 fully saturated rings. The lowest BCUT2D eigenvalue weighted by atomic mass is 10.4. The first-order chi connectivity index (χ1) is 5.83. The summed E-state index contributed by atoms with van der Waals surface area (Å²) in [6.07, 6.45) is 0. The second-order valence-corrected chi connectivity index (χ2v) is 7.06. The highest BCUT2D eigenvalue weighted by Gasteiger charge is 2.33. The minimum Gasteiger partial charge on any atom is -0.395 e. The molecule has 0 aliphatic heterocycles. The van der Waals surface area contributed by atoms with E-state index in [1.54, 1.807) is 0 Å². The summed E-state index contributed by atoms with van der Waals surface area (Å²) >= 11 is 0. The van der Waals surface area contributed by atoms with Crippen LogP contribution in [0.25, 0.3) is 0 Å². The van der Waals surface area contributed by atoms with E-state index in [-0.39, 0.29) is 0 Å². The Morgan fingerprint density at radius 1 is 1.08 bits per heavy atom. The zero-order valence-electron chi connectivity index (χ0n) is 9.64.